The first-order valence-electron chi connectivity index (χ1n) is 7.52. The molecule has 0 N–H and O–H groups in total. The van der Waals surface area contributed by atoms with Crippen LogP contribution in [0, 0.1) is 0 Å². The summed E-state index contributed by atoms with van der Waals surface area (Å²) in [5, 5.41) is 4.20. The average Bonchev–Trinajstić information content (AvgIpc) is 3.17. The number of nitrogens with zero attached hydrogens (tertiary/aromatic N) is 3. The van der Waals surface area contributed by atoms with Crippen LogP contribution in [0.15, 0.2) is 35.4 Å². The van der Waals surface area contributed by atoms with Gasteiger partial charge < -0.3 is 9.32 Å². The summed E-state index contributed by atoms with van der Waals surface area (Å²) >= 11 is 0. The standard InChI is InChI=1S/C15H19N3O4S/c1-2-17-9-13(8-16-17)14-11-23(20,21)6-4-18(14)15(19)7-12-3-5-22-10-12/h3,5,8-10,14H,2,4,6-7,11H2,1H3/t14-/m0/s1. The van der Waals surface area contributed by atoms with Crippen molar-refractivity contribution in [3.63, 3.8) is 0 Å². The molecular weight excluding hydrogens is 318 g/mol. The molecule has 8 heteroatoms. The highest BCUT2D eigenvalue weighted by atomic mass is 32.2. The topological polar surface area (TPSA) is 85.4 Å². The van der Waals surface area contributed by atoms with Crippen LogP contribution in [0.25, 0.3) is 0 Å². The highest BCUT2D eigenvalue weighted by Gasteiger charge is 2.35. The predicted octanol–water partition coefficient (Wildman–Crippen LogP) is 1.04. The molecular formula is C15H19N3O4S. The molecule has 0 bridgehead atoms. The highest BCUT2D eigenvalue weighted by molar-refractivity contribution is 7.91. The van der Waals surface area contributed by atoms with Gasteiger partial charge in [0.1, 0.15) is 0 Å². The number of furan rings is 1. The summed E-state index contributed by atoms with van der Waals surface area (Å²) in [5.41, 5.74) is 1.54. The van der Waals surface area contributed by atoms with Gasteiger partial charge in [0, 0.05) is 24.8 Å². The van der Waals surface area contributed by atoms with E-state index in [1.54, 1.807) is 21.8 Å². The Kier molecular flexibility index (Phi) is 4.25. The molecule has 3 heterocycles. The van der Waals surface area contributed by atoms with Crippen LogP contribution >= 0.6 is 0 Å². The summed E-state index contributed by atoms with van der Waals surface area (Å²) in [7, 11) is -3.16. The second-order valence-electron chi connectivity index (χ2n) is 5.66. The molecule has 0 radical (unpaired) electrons. The second-order valence-corrected chi connectivity index (χ2v) is 7.88. The molecule has 7 nitrogen and oxygen atoms in total. The molecule has 1 saturated heterocycles. The molecule has 1 fully saturated rings. The lowest BCUT2D eigenvalue weighted by Crippen LogP contribution is -2.46. The van der Waals surface area contributed by atoms with Crippen LogP contribution < -0.4 is 0 Å². The minimum atomic E-state index is -3.16. The highest BCUT2D eigenvalue weighted by Crippen LogP contribution is 2.27. The van der Waals surface area contributed by atoms with Crippen molar-refractivity contribution in [1.29, 1.82) is 0 Å². The van der Waals surface area contributed by atoms with Crippen LogP contribution in [0.5, 0.6) is 0 Å². The lowest BCUT2D eigenvalue weighted by Gasteiger charge is -2.35. The largest absolute Gasteiger partial charge is 0.472 e. The predicted molar refractivity (Wildman–Crippen MR) is 83.4 cm³/mol. The zero-order valence-corrected chi connectivity index (χ0v) is 13.7. The van der Waals surface area contributed by atoms with E-state index in [0.29, 0.717) is 6.54 Å². The van der Waals surface area contributed by atoms with Crippen LogP contribution in [-0.2, 0) is 27.6 Å². The quantitative estimate of drug-likeness (QED) is 0.832. The Morgan fingerprint density at radius 3 is 2.96 bits per heavy atom. The van der Waals surface area contributed by atoms with Gasteiger partial charge in [-0.3, -0.25) is 9.48 Å². The molecule has 1 atom stereocenters. The van der Waals surface area contributed by atoms with Gasteiger partial charge in [0.05, 0.1) is 42.7 Å². The van der Waals surface area contributed by atoms with Gasteiger partial charge in [-0.2, -0.15) is 5.10 Å². The maximum Gasteiger partial charge on any atom is 0.227 e. The van der Waals surface area contributed by atoms with Crippen molar-refractivity contribution < 1.29 is 17.6 Å². The van der Waals surface area contributed by atoms with Gasteiger partial charge in [0.15, 0.2) is 9.84 Å². The number of carbonyl (C=O) groups is 1. The van der Waals surface area contributed by atoms with Crippen molar-refractivity contribution in [2.75, 3.05) is 18.1 Å². The smallest absolute Gasteiger partial charge is 0.227 e. The van der Waals surface area contributed by atoms with Crippen molar-refractivity contribution in [2.24, 2.45) is 0 Å². The number of rotatable bonds is 4. The third kappa shape index (κ3) is 3.47. The fraction of sp³-hybridized carbons (Fsp3) is 0.467. The fourth-order valence-corrected chi connectivity index (χ4v) is 4.27. The van der Waals surface area contributed by atoms with Crippen LogP contribution in [0.3, 0.4) is 0 Å². The maximum absolute atomic E-state index is 12.6. The minimum absolute atomic E-state index is 0.00252. The summed E-state index contributed by atoms with van der Waals surface area (Å²) in [5.74, 6) is -0.155. The van der Waals surface area contributed by atoms with Crippen LogP contribution in [0.1, 0.15) is 24.1 Å². The van der Waals surface area contributed by atoms with Gasteiger partial charge in [-0.1, -0.05) is 0 Å². The van der Waals surface area contributed by atoms with E-state index in [2.05, 4.69) is 5.10 Å². The monoisotopic (exact) mass is 337 g/mol. The van der Waals surface area contributed by atoms with E-state index in [-0.39, 0.29) is 30.4 Å². The summed E-state index contributed by atoms with van der Waals surface area (Å²) in [4.78, 5) is 14.2. The third-order valence-corrected chi connectivity index (χ3v) is 5.68. The van der Waals surface area contributed by atoms with E-state index >= 15 is 0 Å². The molecule has 0 saturated carbocycles. The third-order valence-electron chi connectivity index (χ3n) is 4.05. The number of amides is 1. The van der Waals surface area contributed by atoms with Crippen molar-refractivity contribution >= 4 is 15.7 Å². The molecule has 2 aromatic heterocycles. The molecule has 0 spiro atoms. The van der Waals surface area contributed by atoms with Crippen molar-refractivity contribution in [2.45, 2.75) is 25.9 Å². The first kappa shape index (κ1) is 15.8. The van der Waals surface area contributed by atoms with Crippen molar-refractivity contribution in [3.8, 4) is 0 Å². The van der Waals surface area contributed by atoms with Gasteiger partial charge in [0.25, 0.3) is 0 Å². The van der Waals surface area contributed by atoms with E-state index in [1.165, 1.54) is 12.5 Å². The van der Waals surface area contributed by atoms with Crippen molar-refractivity contribution in [3.05, 3.63) is 42.1 Å². The minimum Gasteiger partial charge on any atom is -0.472 e. The number of aryl methyl sites for hydroxylation is 1. The number of aromatic nitrogens is 2. The van der Waals surface area contributed by atoms with Gasteiger partial charge in [-0.05, 0) is 18.6 Å². The Hall–Kier alpha value is -2.09. The molecule has 1 amide bonds. The Balaban J connectivity index is 1.85. The normalized spacial score (nSPS) is 20.6. The van der Waals surface area contributed by atoms with E-state index in [4.69, 9.17) is 4.42 Å². The number of hydrogen-bond acceptors (Lipinski definition) is 5. The van der Waals surface area contributed by atoms with Gasteiger partial charge in [0.2, 0.25) is 5.91 Å². The summed E-state index contributed by atoms with van der Waals surface area (Å²) in [6, 6.07) is 1.26. The SMILES string of the molecule is CCn1cc([C@@H]2CS(=O)(=O)CCN2C(=O)Cc2ccoc2)cn1. The summed E-state index contributed by atoms with van der Waals surface area (Å²) in [6.45, 7) is 2.86. The number of sulfone groups is 1. The Bertz CT molecular complexity index is 780. The lowest BCUT2D eigenvalue weighted by molar-refractivity contribution is -0.132. The molecule has 2 aromatic rings. The molecule has 124 valence electrons. The van der Waals surface area contributed by atoms with E-state index in [0.717, 1.165) is 11.1 Å². The summed E-state index contributed by atoms with van der Waals surface area (Å²) < 4.78 is 30.7. The zero-order chi connectivity index (χ0) is 16.4. The second kappa shape index (κ2) is 6.19. The first-order valence-corrected chi connectivity index (χ1v) is 9.34. The van der Waals surface area contributed by atoms with E-state index in [9.17, 15) is 13.2 Å². The van der Waals surface area contributed by atoms with E-state index in [1.807, 2.05) is 13.1 Å². The molecule has 3 rings (SSSR count). The number of hydrogen-bond donors (Lipinski definition) is 0. The lowest BCUT2D eigenvalue weighted by atomic mass is 10.1. The molecule has 1 aliphatic heterocycles. The molecule has 23 heavy (non-hydrogen) atoms. The van der Waals surface area contributed by atoms with Crippen molar-refractivity contribution in [1.82, 2.24) is 14.7 Å². The zero-order valence-electron chi connectivity index (χ0n) is 12.9. The fourth-order valence-electron chi connectivity index (χ4n) is 2.78. The van der Waals surface area contributed by atoms with Gasteiger partial charge in [-0.25, -0.2) is 8.42 Å². The first-order chi connectivity index (χ1) is 11.0. The molecule has 0 aromatic carbocycles. The average molecular weight is 337 g/mol. The molecule has 0 unspecified atom stereocenters. The van der Waals surface area contributed by atoms with E-state index < -0.39 is 15.9 Å². The Labute approximate surface area is 134 Å². The summed E-state index contributed by atoms with van der Waals surface area (Å²) in [6.07, 6.45) is 6.71. The van der Waals surface area contributed by atoms with Crippen LogP contribution in [0.2, 0.25) is 0 Å². The van der Waals surface area contributed by atoms with Gasteiger partial charge >= 0.3 is 0 Å². The maximum atomic E-state index is 12.6. The molecule has 0 aliphatic carbocycles. The van der Waals surface area contributed by atoms with Gasteiger partial charge in [-0.15, -0.1) is 0 Å². The Morgan fingerprint density at radius 1 is 1.48 bits per heavy atom. The molecule has 1 aliphatic rings. The Morgan fingerprint density at radius 2 is 2.30 bits per heavy atom. The van der Waals surface area contributed by atoms with Crippen LogP contribution in [0.4, 0.5) is 0 Å². The number of carbonyl (C=O) groups excluding carboxylic acids is 1. The van der Waals surface area contributed by atoms with Crippen LogP contribution in [-0.4, -0.2) is 47.1 Å².